The van der Waals surface area contributed by atoms with E-state index in [0.717, 1.165) is 11.1 Å². The minimum absolute atomic E-state index is 0.104. The Balaban J connectivity index is 2.02. The Labute approximate surface area is 124 Å². The van der Waals surface area contributed by atoms with Gasteiger partial charge in [-0.15, -0.1) is 0 Å². The maximum Gasteiger partial charge on any atom is 0.136 e. The SMILES string of the molecule is COc1cc(CNC(C)c2ccc(F)cc2)ccc1C#N. The lowest BCUT2D eigenvalue weighted by molar-refractivity contribution is 0.412. The smallest absolute Gasteiger partial charge is 0.136 e. The first-order valence-electron chi connectivity index (χ1n) is 6.70. The van der Waals surface area contributed by atoms with Crippen LogP contribution < -0.4 is 10.1 Å². The Morgan fingerprint density at radius 2 is 1.95 bits per heavy atom. The van der Waals surface area contributed by atoms with Crippen molar-refractivity contribution in [1.82, 2.24) is 5.32 Å². The average molecular weight is 284 g/mol. The fourth-order valence-electron chi connectivity index (χ4n) is 2.08. The Hall–Kier alpha value is -2.38. The molecule has 0 heterocycles. The van der Waals surface area contributed by atoms with E-state index >= 15 is 0 Å². The van der Waals surface area contributed by atoms with Crippen molar-refractivity contribution < 1.29 is 9.13 Å². The summed E-state index contributed by atoms with van der Waals surface area (Å²) in [5, 5.41) is 12.3. The zero-order chi connectivity index (χ0) is 15.2. The Bertz CT molecular complexity index is 647. The van der Waals surface area contributed by atoms with Gasteiger partial charge < -0.3 is 10.1 Å². The lowest BCUT2D eigenvalue weighted by Crippen LogP contribution is -2.18. The molecule has 0 aliphatic carbocycles. The monoisotopic (exact) mass is 284 g/mol. The van der Waals surface area contributed by atoms with Crippen LogP contribution in [0.5, 0.6) is 5.75 Å². The normalized spacial score (nSPS) is 11.7. The van der Waals surface area contributed by atoms with Crippen LogP contribution >= 0.6 is 0 Å². The second-order valence-electron chi connectivity index (χ2n) is 4.80. The zero-order valence-electron chi connectivity index (χ0n) is 12.1. The van der Waals surface area contributed by atoms with Crippen LogP contribution in [0, 0.1) is 17.1 Å². The summed E-state index contributed by atoms with van der Waals surface area (Å²) in [5.74, 6) is 0.342. The fraction of sp³-hybridized carbons (Fsp3) is 0.235. The number of nitrogens with one attached hydrogen (secondary N) is 1. The minimum atomic E-state index is -0.234. The highest BCUT2D eigenvalue weighted by atomic mass is 19.1. The van der Waals surface area contributed by atoms with Crippen molar-refractivity contribution in [3.8, 4) is 11.8 Å². The number of rotatable bonds is 5. The van der Waals surface area contributed by atoms with Crippen LogP contribution in [-0.4, -0.2) is 7.11 Å². The van der Waals surface area contributed by atoms with Crippen molar-refractivity contribution in [2.75, 3.05) is 7.11 Å². The van der Waals surface area contributed by atoms with Gasteiger partial charge in [0, 0.05) is 12.6 Å². The van der Waals surface area contributed by atoms with Gasteiger partial charge in [0.05, 0.1) is 12.7 Å². The molecule has 2 aromatic rings. The van der Waals surface area contributed by atoms with E-state index in [4.69, 9.17) is 10.00 Å². The largest absolute Gasteiger partial charge is 0.495 e. The van der Waals surface area contributed by atoms with E-state index < -0.39 is 0 Å². The van der Waals surface area contributed by atoms with Crippen molar-refractivity contribution in [2.24, 2.45) is 0 Å². The van der Waals surface area contributed by atoms with Crippen molar-refractivity contribution in [1.29, 1.82) is 5.26 Å². The molecular weight excluding hydrogens is 267 g/mol. The molecule has 2 rings (SSSR count). The van der Waals surface area contributed by atoms with Crippen molar-refractivity contribution in [3.63, 3.8) is 0 Å². The summed E-state index contributed by atoms with van der Waals surface area (Å²) in [6.07, 6.45) is 0. The van der Waals surface area contributed by atoms with E-state index in [9.17, 15) is 4.39 Å². The van der Waals surface area contributed by atoms with Crippen molar-refractivity contribution in [2.45, 2.75) is 19.5 Å². The molecule has 0 radical (unpaired) electrons. The van der Waals surface area contributed by atoms with Crippen molar-refractivity contribution >= 4 is 0 Å². The van der Waals surface area contributed by atoms with Crippen LogP contribution in [0.25, 0.3) is 0 Å². The predicted molar refractivity (Wildman–Crippen MR) is 79.4 cm³/mol. The molecule has 3 nitrogen and oxygen atoms in total. The van der Waals surface area contributed by atoms with Gasteiger partial charge in [-0.2, -0.15) is 5.26 Å². The number of hydrogen-bond donors (Lipinski definition) is 1. The maximum absolute atomic E-state index is 12.9. The molecule has 1 N–H and O–H groups in total. The summed E-state index contributed by atoms with van der Waals surface area (Å²) in [5.41, 5.74) is 2.57. The van der Waals surface area contributed by atoms with Gasteiger partial charge in [0.2, 0.25) is 0 Å². The Kier molecular flexibility index (Phi) is 4.91. The highest BCUT2D eigenvalue weighted by Gasteiger charge is 2.07. The average Bonchev–Trinajstić information content (AvgIpc) is 2.52. The lowest BCUT2D eigenvalue weighted by Gasteiger charge is -2.15. The quantitative estimate of drug-likeness (QED) is 0.913. The molecule has 0 saturated heterocycles. The lowest BCUT2D eigenvalue weighted by atomic mass is 10.1. The van der Waals surface area contributed by atoms with Gasteiger partial charge in [0.1, 0.15) is 17.6 Å². The molecule has 21 heavy (non-hydrogen) atoms. The number of benzene rings is 2. The Morgan fingerprint density at radius 3 is 2.57 bits per heavy atom. The van der Waals surface area contributed by atoms with Crippen LogP contribution in [0.1, 0.15) is 29.7 Å². The van der Waals surface area contributed by atoms with Gasteiger partial charge in [-0.05, 0) is 42.3 Å². The molecule has 0 fully saturated rings. The summed E-state index contributed by atoms with van der Waals surface area (Å²) in [4.78, 5) is 0. The predicted octanol–water partition coefficient (Wildman–Crippen LogP) is 3.56. The number of halogens is 1. The van der Waals surface area contributed by atoms with Gasteiger partial charge in [0.15, 0.2) is 0 Å². The summed E-state index contributed by atoms with van der Waals surface area (Å²) in [6, 6.07) is 14.1. The van der Waals surface area contributed by atoms with E-state index in [1.165, 1.54) is 12.1 Å². The number of ether oxygens (including phenoxy) is 1. The van der Waals surface area contributed by atoms with Crippen LogP contribution in [0.3, 0.4) is 0 Å². The molecule has 4 heteroatoms. The second-order valence-corrected chi connectivity index (χ2v) is 4.80. The van der Waals surface area contributed by atoms with E-state index in [1.807, 2.05) is 19.1 Å². The standard InChI is InChI=1S/C17H17FN2O/c1-12(14-5-7-16(18)8-6-14)20-11-13-3-4-15(10-19)17(9-13)21-2/h3-9,12,20H,11H2,1-2H3. The third-order valence-corrected chi connectivity index (χ3v) is 3.37. The van der Waals surface area contributed by atoms with E-state index in [0.29, 0.717) is 17.9 Å². The molecule has 0 aliphatic heterocycles. The highest BCUT2D eigenvalue weighted by Crippen LogP contribution is 2.20. The van der Waals surface area contributed by atoms with Crippen LogP contribution in [-0.2, 0) is 6.54 Å². The van der Waals surface area contributed by atoms with Gasteiger partial charge in [0.25, 0.3) is 0 Å². The van der Waals surface area contributed by atoms with Crippen LogP contribution in [0.15, 0.2) is 42.5 Å². The van der Waals surface area contributed by atoms with Gasteiger partial charge in [-0.1, -0.05) is 18.2 Å². The molecule has 0 bridgehead atoms. The molecule has 0 spiro atoms. The third-order valence-electron chi connectivity index (χ3n) is 3.37. The van der Waals surface area contributed by atoms with E-state index in [2.05, 4.69) is 11.4 Å². The molecule has 2 aromatic carbocycles. The van der Waals surface area contributed by atoms with Crippen LogP contribution in [0.2, 0.25) is 0 Å². The number of methoxy groups -OCH3 is 1. The molecular formula is C17H17FN2O. The summed E-state index contributed by atoms with van der Waals surface area (Å²) in [7, 11) is 1.55. The molecule has 0 saturated carbocycles. The fourth-order valence-corrected chi connectivity index (χ4v) is 2.08. The molecule has 1 atom stereocenters. The van der Waals surface area contributed by atoms with Gasteiger partial charge in [-0.25, -0.2) is 4.39 Å². The third kappa shape index (κ3) is 3.80. The number of nitrogens with zero attached hydrogens (tertiary/aromatic N) is 1. The summed E-state index contributed by atoms with van der Waals surface area (Å²) >= 11 is 0. The highest BCUT2D eigenvalue weighted by molar-refractivity contribution is 5.45. The summed E-state index contributed by atoms with van der Waals surface area (Å²) < 4.78 is 18.1. The van der Waals surface area contributed by atoms with Gasteiger partial charge in [-0.3, -0.25) is 0 Å². The second kappa shape index (κ2) is 6.87. The molecule has 108 valence electrons. The Morgan fingerprint density at radius 1 is 1.24 bits per heavy atom. The first-order chi connectivity index (χ1) is 10.1. The molecule has 0 amide bonds. The van der Waals surface area contributed by atoms with E-state index in [-0.39, 0.29) is 11.9 Å². The first-order valence-corrected chi connectivity index (χ1v) is 6.70. The first kappa shape index (κ1) is 15.0. The number of nitriles is 1. The molecule has 1 unspecified atom stereocenters. The maximum atomic E-state index is 12.9. The van der Waals surface area contributed by atoms with Crippen molar-refractivity contribution in [3.05, 3.63) is 65.0 Å². The van der Waals surface area contributed by atoms with Gasteiger partial charge >= 0.3 is 0 Å². The van der Waals surface area contributed by atoms with E-state index in [1.54, 1.807) is 25.3 Å². The minimum Gasteiger partial charge on any atom is -0.495 e. The topological polar surface area (TPSA) is 45.0 Å². The van der Waals surface area contributed by atoms with Crippen LogP contribution in [0.4, 0.5) is 4.39 Å². The summed E-state index contributed by atoms with van der Waals surface area (Å²) in [6.45, 7) is 2.66. The number of hydrogen-bond acceptors (Lipinski definition) is 3. The zero-order valence-corrected chi connectivity index (χ0v) is 12.1. The molecule has 0 aliphatic rings. The molecule has 0 aromatic heterocycles.